The normalized spacial score (nSPS) is 12.5. The number of ketones is 2. The van der Waals surface area contributed by atoms with Crippen LogP contribution in [0.2, 0.25) is 0 Å². The van der Waals surface area contributed by atoms with Crippen LogP contribution >= 0.6 is 0 Å². The summed E-state index contributed by atoms with van der Waals surface area (Å²) < 4.78 is 0. The Bertz CT molecular complexity index is 796. The average molecular weight is 381 g/mol. The first kappa shape index (κ1) is 20.0. The predicted octanol–water partition coefficient (Wildman–Crippen LogP) is 1.90. The molecule has 0 saturated carbocycles. The van der Waals surface area contributed by atoms with E-state index in [1.807, 2.05) is 26.0 Å². The topological polar surface area (TPSA) is 95.2 Å². The minimum atomic E-state index is -0.168. The van der Waals surface area contributed by atoms with Gasteiger partial charge in [-0.1, -0.05) is 13.8 Å². The molecule has 1 aliphatic carbocycles. The van der Waals surface area contributed by atoms with Gasteiger partial charge in [-0.2, -0.15) is 0 Å². The van der Waals surface area contributed by atoms with Crippen LogP contribution in [-0.2, 0) is 0 Å². The number of aromatic nitrogens is 1. The standard InChI is InChI=1S/C21H27N5O2/c1-3-22-9-11-25-16-5-6-17(26-12-10-23-4-2)19-18(16)20(27)14-7-8-24-13-15(14)21(19)28/h5-8,13,22-23,25-26H,3-4,9-12H2,1-2H3. The first-order chi connectivity index (χ1) is 13.7. The minimum Gasteiger partial charge on any atom is -0.383 e. The lowest BCUT2D eigenvalue weighted by atomic mass is 9.83. The number of hydrogen-bond acceptors (Lipinski definition) is 7. The first-order valence-corrected chi connectivity index (χ1v) is 9.78. The third-order valence-corrected chi connectivity index (χ3v) is 4.70. The van der Waals surface area contributed by atoms with Gasteiger partial charge in [0.1, 0.15) is 0 Å². The van der Waals surface area contributed by atoms with Gasteiger partial charge in [0.2, 0.25) is 0 Å². The molecule has 1 aliphatic rings. The molecular formula is C21H27N5O2. The highest BCUT2D eigenvalue weighted by atomic mass is 16.1. The summed E-state index contributed by atoms with van der Waals surface area (Å²) >= 11 is 0. The number of anilines is 2. The summed E-state index contributed by atoms with van der Waals surface area (Å²) in [7, 11) is 0. The predicted molar refractivity (Wildman–Crippen MR) is 112 cm³/mol. The van der Waals surface area contributed by atoms with Gasteiger partial charge in [0.25, 0.3) is 0 Å². The highest BCUT2D eigenvalue weighted by Gasteiger charge is 2.34. The van der Waals surface area contributed by atoms with E-state index in [0.717, 1.165) is 26.2 Å². The smallest absolute Gasteiger partial charge is 0.198 e. The SMILES string of the molecule is CCNCCNc1ccc(NCCNCC)c2c1C(=O)c1ccncc1C2=O. The molecule has 0 unspecified atom stereocenters. The van der Waals surface area contributed by atoms with Gasteiger partial charge in [-0.3, -0.25) is 14.6 Å². The zero-order valence-electron chi connectivity index (χ0n) is 16.4. The number of fused-ring (bicyclic) bond motifs is 2. The molecule has 0 bridgehead atoms. The Morgan fingerprint density at radius 1 is 0.750 bits per heavy atom. The van der Waals surface area contributed by atoms with Crippen LogP contribution in [0.1, 0.15) is 45.7 Å². The van der Waals surface area contributed by atoms with Gasteiger partial charge in [0, 0.05) is 55.5 Å². The molecule has 0 atom stereocenters. The Labute approximate surface area is 165 Å². The van der Waals surface area contributed by atoms with Crippen molar-refractivity contribution in [3.8, 4) is 0 Å². The van der Waals surface area contributed by atoms with E-state index in [1.165, 1.54) is 6.20 Å². The maximum absolute atomic E-state index is 13.2. The van der Waals surface area contributed by atoms with Crippen LogP contribution in [0.4, 0.5) is 11.4 Å². The number of nitrogens with zero attached hydrogens (tertiary/aromatic N) is 1. The van der Waals surface area contributed by atoms with Crippen LogP contribution in [-0.4, -0.2) is 55.8 Å². The van der Waals surface area contributed by atoms with Gasteiger partial charge in [-0.15, -0.1) is 0 Å². The van der Waals surface area contributed by atoms with Crippen LogP contribution in [0.5, 0.6) is 0 Å². The van der Waals surface area contributed by atoms with Crippen molar-refractivity contribution in [2.24, 2.45) is 0 Å². The van der Waals surface area contributed by atoms with Crippen LogP contribution in [0.15, 0.2) is 30.6 Å². The van der Waals surface area contributed by atoms with Crippen molar-refractivity contribution in [1.29, 1.82) is 0 Å². The van der Waals surface area contributed by atoms with Crippen molar-refractivity contribution in [2.45, 2.75) is 13.8 Å². The van der Waals surface area contributed by atoms with Crippen molar-refractivity contribution < 1.29 is 9.59 Å². The number of rotatable bonds is 10. The van der Waals surface area contributed by atoms with Crippen LogP contribution < -0.4 is 21.3 Å². The maximum Gasteiger partial charge on any atom is 0.198 e. The summed E-state index contributed by atoms with van der Waals surface area (Å²) in [6.45, 7) is 8.72. The maximum atomic E-state index is 13.2. The van der Waals surface area contributed by atoms with Crippen LogP contribution in [0.3, 0.4) is 0 Å². The van der Waals surface area contributed by atoms with Crippen molar-refractivity contribution >= 4 is 22.9 Å². The third kappa shape index (κ3) is 4.05. The number of carbonyl (C=O) groups excluding carboxylic acids is 2. The molecule has 2 aromatic rings. The Morgan fingerprint density at radius 3 is 1.82 bits per heavy atom. The van der Waals surface area contributed by atoms with Gasteiger partial charge in [-0.25, -0.2) is 0 Å². The van der Waals surface area contributed by atoms with E-state index in [-0.39, 0.29) is 11.6 Å². The van der Waals surface area contributed by atoms with E-state index in [4.69, 9.17) is 0 Å². The van der Waals surface area contributed by atoms with Crippen molar-refractivity contribution in [2.75, 3.05) is 49.9 Å². The monoisotopic (exact) mass is 381 g/mol. The van der Waals surface area contributed by atoms with E-state index in [9.17, 15) is 9.59 Å². The van der Waals surface area contributed by atoms with E-state index in [1.54, 1.807) is 12.3 Å². The molecule has 28 heavy (non-hydrogen) atoms. The summed E-state index contributed by atoms with van der Waals surface area (Å²) in [6.07, 6.45) is 3.03. The Hall–Kier alpha value is -2.77. The molecule has 7 heteroatoms. The molecule has 7 nitrogen and oxygen atoms in total. The number of likely N-dealkylation sites (N-methyl/N-ethyl adjacent to an activating group) is 2. The van der Waals surface area contributed by atoms with Gasteiger partial charge < -0.3 is 21.3 Å². The number of hydrogen-bond donors (Lipinski definition) is 4. The van der Waals surface area contributed by atoms with Gasteiger partial charge >= 0.3 is 0 Å². The van der Waals surface area contributed by atoms with E-state index < -0.39 is 0 Å². The fourth-order valence-corrected chi connectivity index (χ4v) is 3.34. The second-order valence-electron chi connectivity index (χ2n) is 6.55. The number of nitrogens with one attached hydrogen (secondary N) is 4. The summed E-state index contributed by atoms with van der Waals surface area (Å²) in [6, 6.07) is 5.36. The molecule has 0 aliphatic heterocycles. The molecular weight excluding hydrogens is 354 g/mol. The highest BCUT2D eigenvalue weighted by Crippen LogP contribution is 2.36. The van der Waals surface area contributed by atoms with Crippen molar-refractivity contribution in [3.63, 3.8) is 0 Å². The third-order valence-electron chi connectivity index (χ3n) is 4.70. The van der Waals surface area contributed by atoms with E-state index >= 15 is 0 Å². The highest BCUT2D eigenvalue weighted by molar-refractivity contribution is 6.31. The summed E-state index contributed by atoms with van der Waals surface area (Å²) in [5.74, 6) is -0.313. The summed E-state index contributed by atoms with van der Waals surface area (Å²) in [5, 5.41) is 13.1. The van der Waals surface area contributed by atoms with Crippen molar-refractivity contribution in [3.05, 3.63) is 52.8 Å². The number of pyridine rings is 1. The zero-order valence-corrected chi connectivity index (χ0v) is 16.4. The van der Waals surface area contributed by atoms with Crippen LogP contribution in [0.25, 0.3) is 0 Å². The number of carbonyl (C=O) groups is 2. The van der Waals surface area contributed by atoms with Crippen molar-refractivity contribution in [1.82, 2.24) is 15.6 Å². The lowest BCUT2D eigenvalue weighted by Gasteiger charge is -2.23. The van der Waals surface area contributed by atoms with E-state index in [0.29, 0.717) is 46.7 Å². The largest absolute Gasteiger partial charge is 0.383 e. The Kier molecular flexibility index (Phi) is 6.73. The summed E-state index contributed by atoms with van der Waals surface area (Å²) in [4.78, 5) is 30.5. The Balaban J connectivity index is 1.97. The molecule has 4 N–H and O–H groups in total. The molecule has 1 heterocycles. The molecule has 0 radical (unpaired) electrons. The van der Waals surface area contributed by atoms with Gasteiger partial charge in [-0.05, 0) is 31.3 Å². The fraction of sp³-hybridized carbons (Fsp3) is 0.381. The molecule has 148 valence electrons. The average Bonchev–Trinajstić information content (AvgIpc) is 2.72. The van der Waals surface area contributed by atoms with Gasteiger partial charge in [0.15, 0.2) is 11.6 Å². The van der Waals surface area contributed by atoms with Crippen LogP contribution in [0, 0.1) is 0 Å². The molecule has 3 rings (SSSR count). The first-order valence-electron chi connectivity index (χ1n) is 9.78. The lowest BCUT2D eigenvalue weighted by molar-refractivity contribution is 0.0980. The molecule has 1 aromatic heterocycles. The number of benzene rings is 1. The Morgan fingerprint density at radius 2 is 1.29 bits per heavy atom. The summed E-state index contributed by atoms with van der Waals surface area (Å²) in [5.41, 5.74) is 3.00. The van der Waals surface area contributed by atoms with E-state index in [2.05, 4.69) is 26.3 Å². The molecule has 1 aromatic carbocycles. The molecule has 0 saturated heterocycles. The second-order valence-corrected chi connectivity index (χ2v) is 6.55. The second kappa shape index (κ2) is 9.43. The van der Waals surface area contributed by atoms with Gasteiger partial charge in [0.05, 0.1) is 16.7 Å². The minimum absolute atomic E-state index is 0.145. The molecule has 0 amide bonds. The fourth-order valence-electron chi connectivity index (χ4n) is 3.34. The molecule has 0 fully saturated rings. The quantitative estimate of drug-likeness (QED) is 0.399. The zero-order chi connectivity index (χ0) is 19.9. The molecule has 0 spiro atoms. The lowest BCUT2D eigenvalue weighted by Crippen LogP contribution is -2.27.